The third kappa shape index (κ3) is 7.88. The Balaban J connectivity index is 1.75. The first-order chi connectivity index (χ1) is 13.9. The summed E-state index contributed by atoms with van der Waals surface area (Å²) in [5.74, 6) is 4.65. The zero-order valence-corrected chi connectivity index (χ0v) is 17.2. The summed E-state index contributed by atoms with van der Waals surface area (Å²) in [6, 6.07) is -0.798. The van der Waals surface area contributed by atoms with Crippen molar-refractivity contribution in [2.75, 3.05) is 32.8 Å². The molecule has 1 heterocycles. The number of nitrogens with two attached hydrogens (primary N) is 2. The van der Waals surface area contributed by atoms with E-state index in [0.717, 1.165) is 38.8 Å². The van der Waals surface area contributed by atoms with Crippen molar-refractivity contribution >= 4 is 24.1 Å². The van der Waals surface area contributed by atoms with E-state index < -0.39 is 6.04 Å². The summed E-state index contributed by atoms with van der Waals surface area (Å²) in [6.07, 6.45) is 5.52. The number of carbonyl (C=O) groups is 3. The molecule has 0 unspecified atom stereocenters. The van der Waals surface area contributed by atoms with Crippen LogP contribution in [0.3, 0.4) is 0 Å². The summed E-state index contributed by atoms with van der Waals surface area (Å²) in [6.45, 7) is 4.56. The van der Waals surface area contributed by atoms with E-state index in [0.29, 0.717) is 19.1 Å². The van der Waals surface area contributed by atoms with Crippen molar-refractivity contribution in [1.29, 1.82) is 0 Å². The van der Waals surface area contributed by atoms with Crippen LogP contribution in [0.5, 0.6) is 0 Å². The number of hydrogen-bond acceptors (Lipinski definition) is 7. The van der Waals surface area contributed by atoms with Crippen molar-refractivity contribution in [3.63, 3.8) is 0 Å². The van der Waals surface area contributed by atoms with E-state index in [2.05, 4.69) is 10.4 Å². The van der Waals surface area contributed by atoms with Crippen LogP contribution in [0.15, 0.2) is 5.10 Å². The standard InChI is InChI=1S/C19H34N6O4/c1-2-29-18(27)7-9-25(15-5-6-15)19(28)16(20)10-17(26)22-11-14-4-3-8-24(12-14)13-23-21/h13-16H,2-12,20-21H2,1H3,(H,22,26)/t14-,16-/m0/s1. The van der Waals surface area contributed by atoms with Crippen molar-refractivity contribution in [1.82, 2.24) is 15.1 Å². The van der Waals surface area contributed by atoms with Gasteiger partial charge in [-0.2, -0.15) is 5.10 Å². The molecule has 10 heteroatoms. The minimum absolute atomic E-state index is 0.0673. The number of ether oxygens (including phenoxy) is 1. The van der Waals surface area contributed by atoms with Gasteiger partial charge in [-0.1, -0.05) is 0 Å². The monoisotopic (exact) mass is 410 g/mol. The molecule has 0 radical (unpaired) electrons. The van der Waals surface area contributed by atoms with Crippen LogP contribution in [-0.4, -0.2) is 78.8 Å². The Morgan fingerprint density at radius 1 is 1.34 bits per heavy atom. The van der Waals surface area contributed by atoms with Crippen LogP contribution in [0.4, 0.5) is 0 Å². The van der Waals surface area contributed by atoms with Crippen molar-refractivity contribution in [2.24, 2.45) is 22.6 Å². The van der Waals surface area contributed by atoms with E-state index in [9.17, 15) is 14.4 Å². The van der Waals surface area contributed by atoms with Gasteiger partial charge in [-0.05, 0) is 38.5 Å². The molecule has 1 saturated heterocycles. The lowest BCUT2D eigenvalue weighted by Crippen LogP contribution is -2.48. The van der Waals surface area contributed by atoms with Crippen molar-refractivity contribution in [3.8, 4) is 0 Å². The predicted molar refractivity (Wildman–Crippen MR) is 109 cm³/mol. The van der Waals surface area contributed by atoms with Gasteiger partial charge in [-0.3, -0.25) is 14.4 Å². The zero-order valence-electron chi connectivity index (χ0n) is 17.2. The maximum Gasteiger partial charge on any atom is 0.307 e. The molecule has 2 amide bonds. The van der Waals surface area contributed by atoms with E-state index in [1.807, 2.05) is 4.90 Å². The SMILES string of the molecule is CCOC(=O)CCN(C(=O)[C@@H](N)CC(=O)NC[C@@H]1CCCN(C=NN)C1)C1CC1. The average molecular weight is 411 g/mol. The van der Waals surface area contributed by atoms with Gasteiger partial charge in [0.25, 0.3) is 0 Å². The fraction of sp³-hybridized carbons (Fsp3) is 0.789. The van der Waals surface area contributed by atoms with Gasteiger partial charge in [0, 0.05) is 32.2 Å². The number of amides is 2. The van der Waals surface area contributed by atoms with Crippen LogP contribution in [0, 0.1) is 5.92 Å². The third-order valence-corrected chi connectivity index (χ3v) is 5.22. The quantitative estimate of drug-likeness (QED) is 0.135. The molecule has 1 saturated carbocycles. The number of rotatable bonds is 11. The van der Waals surface area contributed by atoms with Gasteiger partial charge in [0.05, 0.1) is 25.5 Å². The average Bonchev–Trinajstić information content (AvgIpc) is 3.52. The van der Waals surface area contributed by atoms with Crippen molar-refractivity contribution < 1.29 is 19.1 Å². The number of nitrogens with zero attached hydrogens (tertiary/aromatic N) is 3. The van der Waals surface area contributed by atoms with Crippen molar-refractivity contribution in [2.45, 2.75) is 57.5 Å². The normalized spacial score (nSPS) is 20.3. The number of hydrogen-bond donors (Lipinski definition) is 3. The second kappa shape index (κ2) is 11.6. The van der Waals surface area contributed by atoms with Crippen LogP contribution in [0.1, 0.15) is 45.4 Å². The molecule has 2 aliphatic rings. The minimum Gasteiger partial charge on any atom is -0.466 e. The number of hydrazone groups is 1. The highest BCUT2D eigenvalue weighted by molar-refractivity contribution is 5.88. The second-order valence-corrected chi connectivity index (χ2v) is 7.70. The molecule has 29 heavy (non-hydrogen) atoms. The summed E-state index contributed by atoms with van der Waals surface area (Å²) in [4.78, 5) is 40.2. The lowest BCUT2D eigenvalue weighted by atomic mass is 9.98. The Morgan fingerprint density at radius 2 is 2.10 bits per heavy atom. The predicted octanol–water partition coefficient (Wildman–Crippen LogP) is -0.622. The van der Waals surface area contributed by atoms with E-state index in [1.54, 1.807) is 18.2 Å². The number of esters is 1. The summed E-state index contributed by atoms with van der Waals surface area (Å²) < 4.78 is 4.92. The van der Waals surface area contributed by atoms with Gasteiger partial charge in [0.2, 0.25) is 11.8 Å². The molecule has 164 valence electrons. The van der Waals surface area contributed by atoms with Crippen LogP contribution in [0.25, 0.3) is 0 Å². The number of piperidine rings is 1. The molecule has 0 aromatic carbocycles. The third-order valence-electron chi connectivity index (χ3n) is 5.22. The first-order valence-electron chi connectivity index (χ1n) is 10.4. The van der Waals surface area contributed by atoms with Gasteiger partial charge >= 0.3 is 5.97 Å². The maximum atomic E-state index is 12.7. The molecule has 0 bridgehead atoms. The molecule has 0 spiro atoms. The summed E-state index contributed by atoms with van der Waals surface area (Å²) >= 11 is 0. The highest BCUT2D eigenvalue weighted by Crippen LogP contribution is 2.27. The van der Waals surface area contributed by atoms with Gasteiger partial charge in [0.1, 0.15) is 6.34 Å². The molecule has 1 aliphatic carbocycles. The molecule has 2 rings (SSSR count). The van der Waals surface area contributed by atoms with Crippen LogP contribution in [0.2, 0.25) is 0 Å². The Kier molecular flexibility index (Phi) is 9.17. The lowest BCUT2D eigenvalue weighted by molar-refractivity contribution is -0.144. The number of nitrogens with one attached hydrogen (secondary N) is 1. The Bertz CT molecular complexity index is 595. The summed E-state index contributed by atoms with van der Waals surface area (Å²) in [5, 5.41) is 6.43. The van der Waals surface area contributed by atoms with Crippen LogP contribution >= 0.6 is 0 Å². The van der Waals surface area contributed by atoms with E-state index in [1.165, 1.54) is 0 Å². The second-order valence-electron chi connectivity index (χ2n) is 7.70. The molecular formula is C19H34N6O4. The van der Waals surface area contributed by atoms with Gasteiger partial charge < -0.3 is 31.4 Å². The summed E-state index contributed by atoms with van der Waals surface area (Å²) in [5.41, 5.74) is 6.01. The Labute approximate surface area is 172 Å². The highest BCUT2D eigenvalue weighted by Gasteiger charge is 2.35. The first-order valence-corrected chi connectivity index (χ1v) is 10.4. The van der Waals surface area contributed by atoms with E-state index in [4.69, 9.17) is 16.3 Å². The molecule has 0 aromatic rings. The topological polar surface area (TPSA) is 143 Å². The molecule has 5 N–H and O–H groups in total. The van der Waals surface area contributed by atoms with Gasteiger partial charge in [0.15, 0.2) is 0 Å². The van der Waals surface area contributed by atoms with Gasteiger partial charge in [-0.15, -0.1) is 0 Å². The van der Waals surface area contributed by atoms with Crippen molar-refractivity contribution in [3.05, 3.63) is 0 Å². The highest BCUT2D eigenvalue weighted by atomic mass is 16.5. The number of likely N-dealkylation sites (tertiary alicyclic amines) is 1. The molecular weight excluding hydrogens is 376 g/mol. The van der Waals surface area contributed by atoms with Crippen LogP contribution in [-0.2, 0) is 19.1 Å². The van der Waals surface area contributed by atoms with Crippen LogP contribution < -0.4 is 16.9 Å². The number of carbonyl (C=O) groups excluding carboxylic acids is 3. The maximum absolute atomic E-state index is 12.7. The summed E-state index contributed by atoms with van der Waals surface area (Å²) in [7, 11) is 0. The molecule has 0 aromatic heterocycles. The Hall–Kier alpha value is -2.36. The lowest BCUT2D eigenvalue weighted by Gasteiger charge is -2.31. The largest absolute Gasteiger partial charge is 0.466 e. The molecule has 2 fully saturated rings. The smallest absolute Gasteiger partial charge is 0.307 e. The minimum atomic E-state index is -0.912. The first kappa shape index (κ1) is 22.9. The van der Waals surface area contributed by atoms with Gasteiger partial charge in [-0.25, -0.2) is 0 Å². The zero-order chi connectivity index (χ0) is 21.2. The molecule has 1 aliphatic heterocycles. The van der Waals surface area contributed by atoms with E-state index in [-0.39, 0.29) is 43.2 Å². The molecule has 10 nitrogen and oxygen atoms in total. The fourth-order valence-electron chi connectivity index (χ4n) is 3.60. The Morgan fingerprint density at radius 3 is 2.76 bits per heavy atom. The fourth-order valence-corrected chi connectivity index (χ4v) is 3.60. The van der Waals surface area contributed by atoms with E-state index >= 15 is 0 Å². The molecule has 2 atom stereocenters.